The Kier molecular flexibility index (Phi) is 51.7. The zero-order chi connectivity index (χ0) is 34.6. The van der Waals surface area contributed by atoms with Crippen LogP contribution >= 0.6 is 0 Å². The molecule has 0 spiro atoms. The molecule has 0 saturated heterocycles. The van der Waals surface area contributed by atoms with Crippen LogP contribution in [-0.4, -0.2) is 38.3 Å². The molecule has 0 unspecified atom stereocenters. The zero-order valence-corrected chi connectivity index (χ0v) is 33.1. The zero-order valence-electron chi connectivity index (χ0n) is 33.1. The molecule has 0 aliphatic heterocycles. The number of unbranched alkanes of at least 4 members (excludes halogenated alkanes) is 16. The third kappa shape index (κ3) is 52.4. The Balaban J connectivity index is -0.000000695. The molecule has 0 fully saturated rings. The van der Waals surface area contributed by atoms with E-state index in [9.17, 15) is 0 Å². The molecular formula is C44H87NO. The second kappa shape index (κ2) is 48.3. The van der Waals surface area contributed by atoms with Crippen LogP contribution < -0.4 is 0 Å². The Morgan fingerprint density at radius 3 is 1.24 bits per heavy atom. The summed E-state index contributed by atoms with van der Waals surface area (Å²) in [6, 6.07) is 0. The second-order valence-electron chi connectivity index (χ2n) is 13.3. The van der Waals surface area contributed by atoms with E-state index in [4.69, 9.17) is 4.74 Å². The predicted molar refractivity (Wildman–Crippen MR) is 214 cm³/mol. The van der Waals surface area contributed by atoms with E-state index in [2.05, 4.69) is 109 Å². The molecule has 0 heterocycles. The first-order valence-electron chi connectivity index (χ1n) is 20.3. The molecule has 0 aromatic rings. The lowest BCUT2D eigenvalue weighted by atomic mass is 10.0. The first-order valence-corrected chi connectivity index (χ1v) is 20.3. The van der Waals surface area contributed by atoms with Crippen molar-refractivity contribution in [1.82, 2.24) is 4.90 Å². The summed E-state index contributed by atoms with van der Waals surface area (Å²) in [6.07, 6.45) is 51.3. The minimum absolute atomic E-state index is 0.518. The number of hydrogen-bond donors (Lipinski definition) is 0. The van der Waals surface area contributed by atoms with Gasteiger partial charge in [-0.05, 0) is 92.3 Å². The number of rotatable bonds is 31. The van der Waals surface area contributed by atoms with Gasteiger partial charge in [-0.3, -0.25) is 0 Å². The lowest BCUT2D eigenvalue weighted by Crippen LogP contribution is -2.18. The smallest absolute Gasteiger partial charge is 0.0575 e. The third-order valence-electron chi connectivity index (χ3n) is 8.16. The van der Waals surface area contributed by atoms with E-state index in [0.717, 1.165) is 32.4 Å². The Labute approximate surface area is 293 Å². The average molecular weight is 646 g/mol. The van der Waals surface area contributed by atoms with Crippen molar-refractivity contribution in [2.45, 2.75) is 208 Å². The second-order valence-corrected chi connectivity index (χ2v) is 13.3. The molecule has 0 aromatic carbocycles. The maximum absolute atomic E-state index is 6.22. The molecule has 0 atom stereocenters. The summed E-state index contributed by atoms with van der Waals surface area (Å²) in [5.74, 6) is 0. The van der Waals surface area contributed by atoms with E-state index in [-0.39, 0.29) is 0 Å². The fourth-order valence-corrected chi connectivity index (χ4v) is 5.13. The van der Waals surface area contributed by atoms with Crippen molar-refractivity contribution in [3.8, 4) is 0 Å². The molecule has 0 saturated carbocycles. The summed E-state index contributed by atoms with van der Waals surface area (Å²) >= 11 is 0. The number of hydrogen-bond acceptors (Lipinski definition) is 2. The van der Waals surface area contributed by atoms with Crippen LogP contribution in [0, 0.1) is 0 Å². The SMILES string of the molecule is C/C=C\C/C=C\CCCCC.C/C=C\C/C=C\CCCCC.CCCCCCCCC(CCCCCCCC)OCCCN(C)C. The van der Waals surface area contributed by atoms with E-state index in [0.29, 0.717) is 6.10 Å². The minimum Gasteiger partial charge on any atom is -0.378 e. The van der Waals surface area contributed by atoms with Crippen molar-refractivity contribution in [1.29, 1.82) is 0 Å². The summed E-state index contributed by atoms with van der Waals surface area (Å²) in [5, 5.41) is 0. The van der Waals surface area contributed by atoms with Crippen LogP contribution in [0.5, 0.6) is 0 Å². The van der Waals surface area contributed by atoms with Crippen molar-refractivity contribution in [3.63, 3.8) is 0 Å². The molecule has 0 rings (SSSR count). The standard InChI is InChI=1S/C22H47NO.2C11H20/c1-5-7-9-11-13-15-18-22(24-21-17-20-23(3)4)19-16-14-12-10-8-6-2;2*1-3-5-7-9-11-10-8-6-4-2/h22H,5-21H2,1-4H3;2*3,5,9,11H,4,6-8,10H2,1-2H3/b;2*5-3-,11-9-. The molecule has 0 aromatic heterocycles. The van der Waals surface area contributed by atoms with Gasteiger partial charge in [0.25, 0.3) is 0 Å². The molecule has 0 aliphatic carbocycles. The van der Waals surface area contributed by atoms with Crippen molar-refractivity contribution >= 4 is 0 Å². The summed E-state index contributed by atoms with van der Waals surface area (Å²) < 4.78 is 6.22. The Morgan fingerprint density at radius 2 is 0.848 bits per heavy atom. The van der Waals surface area contributed by atoms with Crippen molar-refractivity contribution in [2.75, 3.05) is 27.2 Å². The highest BCUT2D eigenvalue weighted by Crippen LogP contribution is 2.17. The Hall–Kier alpha value is -1.12. The van der Waals surface area contributed by atoms with Gasteiger partial charge in [0.05, 0.1) is 6.10 Å². The van der Waals surface area contributed by atoms with Gasteiger partial charge in [-0.15, -0.1) is 0 Å². The fraction of sp³-hybridized carbons (Fsp3) is 0.818. The molecule has 46 heavy (non-hydrogen) atoms. The number of nitrogens with zero attached hydrogens (tertiary/aromatic N) is 1. The molecule has 2 nitrogen and oxygen atoms in total. The minimum atomic E-state index is 0.518. The van der Waals surface area contributed by atoms with Gasteiger partial charge >= 0.3 is 0 Å². The maximum atomic E-state index is 6.22. The van der Waals surface area contributed by atoms with Crippen LogP contribution in [0.1, 0.15) is 202 Å². The fourth-order valence-electron chi connectivity index (χ4n) is 5.13. The first-order chi connectivity index (χ1) is 22.5. The van der Waals surface area contributed by atoms with Crippen molar-refractivity contribution in [3.05, 3.63) is 48.6 Å². The van der Waals surface area contributed by atoms with Gasteiger partial charge < -0.3 is 9.64 Å². The predicted octanol–water partition coefficient (Wildman–Crippen LogP) is 15.0. The molecule has 0 radical (unpaired) electrons. The lowest BCUT2D eigenvalue weighted by molar-refractivity contribution is 0.0342. The van der Waals surface area contributed by atoms with Crippen LogP contribution in [0.4, 0.5) is 0 Å². The summed E-state index contributed by atoms with van der Waals surface area (Å²) in [4.78, 5) is 2.25. The van der Waals surface area contributed by atoms with E-state index in [1.807, 2.05) is 0 Å². The number of ether oxygens (including phenoxy) is 1. The maximum Gasteiger partial charge on any atom is 0.0575 e. The molecule has 0 amide bonds. The first kappa shape index (κ1) is 49.3. The Bertz CT molecular complexity index is 571. The summed E-state index contributed by atoms with van der Waals surface area (Å²) in [6.45, 7) is 15.3. The van der Waals surface area contributed by atoms with Crippen LogP contribution in [0.2, 0.25) is 0 Å². The highest BCUT2D eigenvalue weighted by Gasteiger charge is 2.09. The van der Waals surface area contributed by atoms with E-state index >= 15 is 0 Å². The quantitative estimate of drug-likeness (QED) is 0.0549. The van der Waals surface area contributed by atoms with Crippen molar-refractivity contribution < 1.29 is 4.74 Å². The van der Waals surface area contributed by atoms with Crippen LogP contribution in [-0.2, 0) is 4.74 Å². The third-order valence-corrected chi connectivity index (χ3v) is 8.16. The normalized spacial score (nSPS) is 11.8. The number of allylic oxidation sites excluding steroid dienone is 8. The van der Waals surface area contributed by atoms with Crippen molar-refractivity contribution in [2.24, 2.45) is 0 Å². The molecule has 0 aliphatic rings. The average Bonchev–Trinajstić information content (AvgIpc) is 3.05. The van der Waals surface area contributed by atoms with E-state index < -0.39 is 0 Å². The van der Waals surface area contributed by atoms with Crippen LogP contribution in [0.3, 0.4) is 0 Å². The highest BCUT2D eigenvalue weighted by molar-refractivity contribution is 4.91. The van der Waals surface area contributed by atoms with Gasteiger partial charge in [-0.25, -0.2) is 0 Å². The van der Waals surface area contributed by atoms with Crippen LogP contribution in [0.15, 0.2) is 48.6 Å². The lowest BCUT2D eigenvalue weighted by Gasteiger charge is -2.19. The van der Waals surface area contributed by atoms with E-state index in [1.165, 1.54) is 141 Å². The van der Waals surface area contributed by atoms with Gasteiger partial charge in [0.1, 0.15) is 0 Å². The topological polar surface area (TPSA) is 12.5 Å². The van der Waals surface area contributed by atoms with Gasteiger partial charge in [0.15, 0.2) is 0 Å². The molecule has 274 valence electrons. The molecule has 0 bridgehead atoms. The molecule has 2 heteroatoms. The van der Waals surface area contributed by atoms with Gasteiger partial charge in [-0.1, -0.05) is 179 Å². The van der Waals surface area contributed by atoms with Gasteiger partial charge in [0.2, 0.25) is 0 Å². The van der Waals surface area contributed by atoms with Crippen LogP contribution in [0.25, 0.3) is 0 Å². The summed E-state index contributed by atoms with van der Waals surface area (Å²) in [5.41, 5.74) is 0. The van der Waals surface area contributed by atoms with E-state index in [1.54, 1.807) is 0 Å². The van der Waals surface area contributed by atoms with Gasteiger partial charge in [0, 0.05) is 6.61 Å². The monoisotopic (exact) mass is 646 g/mol. The molecular weight excluding hydrogens is 558 g/mol. The largest absolute Gasteiger partial charge is 0.378 e. The summed E-state index contributed by atoms with van der Waals surface area (Å²) in [7, 11) is 4.29. The van der Waals surface area contributed by atoms with Gasteiger partial charge in [-0.2, -0.15) is 0 Å². The Morgan fingerprint density at radius 1 is 0.457 bits per heavy atom. The molecule has 0 N–H and O–H groups in total. The highest BCUT2D eigenvalue weighted by atomic mass is 16.5.